The highest BCUT2D eigenvalue weighted by Crippen LogP contribution is 2.34. The van der Waals surface area contributed by atoms with Crippen LogP contribution in [0.1, 0.15) is 42.7 Å². The first-order valence-corrected chi connectivity index (χ1v) is 8.77. The Kier molecular flexibility index (Phi) is 6.93. The molecule has 0 heterocycles. The van der Waals surface area contributed by atoms with Crippen LogP contribution in [-0.4, -0.2) is 33.3 Å². The van der Waals surface area contributed by atoms with Gasteiger partial charge in [0.05, 0.1) is 39.0 Å². The highest BCUT2D eigenvalue weighted by atomic mass is 16.5. The predicted molar refractivity (Wildman–Crippen MR) is 104 cm³/mol. The van der Waals surface area contributed by atoms with Crippen LogP contribution in [-0.2, 0) is 0 Å². The van der Waals surface area contributed by atoms with Gasteiger partial charge in [0.15, 0.2) is 11.5 Å². The van der Waals surface area contributed by atoms with Crippen LogP contribution in [0.2, 0.25) is 0 Å². The van der Waals surface area contributed by atoms with E-state index in [1.54, 1.807) is 12.1 Å². The van der Waals surface area contributed by atoms with Gasteiger partial charge in [0.2, 0.25) is 0 Å². The van der Waals surface area contributed by atoms with Gasteiger partial charge in [-0.3, -0.25) is 4.79 Å². The zero-order chi connectivity index (χ0) is 20.0. The molecule has 6 nitrogen and oxygen atoms in total. The van der Waals surface area contributed by atoms with Gasteiger partial charge in [-0.2, -0.15) is 0 Å². The Labute approximate surface area is 160 Å². The van der Waals surface area contributed by atoms with Crippen molar-refractivity contribution in [1.82, 2.24) is 5.32 Å². The highest BCUT2D eigenvalue weighted by Gasteiger charge is 2.20. The van der Waals surface area contributed by atoms with Gasteiger partial charge >= 0.3 is 0 Å². The average Bonchev–Trinajstić information content (AvgIpc) is 2.66. The highest BCUT2D eigenvalue weighted by molar-refractivity contribution is 5.98. The number of nitrogens with one attached hydrogen (secondary N) is 1. The molecule has 0 aromatic heterocycles. The minimum atomic E-state index is -0.268. The van der Waals surface area contributed by atoms with Crippen LogP contribution >= 0.6 is 0 Å². The second kappa shape index (κ2) is 9.16. The molecular formula is C21H27NO5. The van der Waals surface area contributed by atoms with Gasteiger partial charge in [-0.15, -0.1) is 0 Å². The maximum absolute atomic E-state index is 12.8. The first-order chi connectivity index (χ1) is 12.9. The van der Waals surface area contributed by atoms with E-state index in [1.165, 1.54) is 21.3 Å². The summed E-state index contributed by atoms with van der Waals surface area (Å²) in [5.74, 6) is 1.87. The molecule has 2 rings (SSSR count). The van der Waals surface area contributed by atoms with E-state index in [9.17, 15) is 4.79 Å². The molecule has 0 aliphatic carbocycles. The molecule has 1 atom stereocenters. The van der Waals surface area contributed by atoms with E-state index < -0.39 is 0 Å². The van der Waals surface area contributed by atoms with Crippen LogP contribution in [0.5, 0.6) is 23.0 Å². The number of benzene rings is 2. The Morgan fingerprint density at radius 1 is 0.889 bits per heavy atom. The Bertz CT molecular complexity index is 788. The van der Waals surface area contributed by atoms with Crippen LogP contribution in [0, 0.1) is 0 Å². The van der Waals surface area contributed by atoms with E-state index in [0.29, 0.717) is 22.8 Å². The smallest absolute Gasteiger partial charge is 0.255 e. The molecule has 6 heteroatoms. The van der Waals surface area contributed by atoms with Gasteiger partial charge in [-0.05, 0) is 38.5 Å². The van der Waals surface area contributed by atoms with Crippen molar-refractivity contribution in [3.8, 4) is 23.0 Å². The van der Waals surface area contributed by atoms with Crippen LogP contribution in [0.4, 0.5) is 0 Å². The lowest BCUT2D eigenvalue weighted by Gasteiger charge is -2.18. The lowest BCUT2D eigenvalue weighted by molar-refractivity contribution is 0.0936. The summed E-state index contributed by atoms with van der Waals surface area (Å²) >= 11 is 0. The minimum Gasteiger partial charge on any atom is -0.496 e. The van der Waals surface area contributed by atoms with E-state index >= 15 is 0 Å². The lowest BCUT2D eigenvalue weighted by Crippen LogP contribution is -2.27. The van der Waals surface area contributed by atoms with Crippen molar-refractivity contribution in [2.45, 2.75) is 32.9 Å². The molecule has 0 spiro atoms. The number of rotatable bonds is 8. The Morgan fingerprint density at radius 3 is 2.11 bits per heavy atom. The van der Waals surface area contributed by atoms with Crippen molar-refractivity contribution in [3.05, 3.63) is 47.5 Å². The van der Waals surface area contributed by atoms with E-state index in [0.717, 1.165) is 11.3 Å². The zero-order valence-electron chi connectivity index (χ0n) is 16.7. The second-order valence-corrected chi connectivity index (χ2v) is 6.34. The van der Waals surface area contributed by atoms with E-state index in [1.807, 2.05) is 45.0 Å². The van der Waals surface area contributed by atoms with Crippen molar-refractivity contribution in [2.75, 3.05) is 21.3 Å². The van der Waals surface area contributed by atoms with Crippen molar-refractivity contribution >= 4 is 5.91 Å². The first-order valence-electron chi connectivity index (χ1n) is 8.77. The molecule has 0 saturated carbocycles. The Balaban J connectivity index is 2.24. The summed E-state index contributed by atoms with van der Waals surface area (Å²) in [4.78, 5) is 12.8. The molecule has 146 valence electrons. The Morgan fingerprint density at radius 2 is 1.52 bits per heavy atom. The molecule has 0 saturated heterocycles. The zero-order valence-corrected chi connectivity index (χ0v) is 16.7. The summed E-state index contributed by atoms with van der Waals surface area (Å²) in [6.45, 7) is 5.86. The third-order valence-corrected chi connectivity index (χ3v) is 4.03. The van der Waals surface area contributed by atoms with Crippen molar-refractivity contribution < 1.29 is 23.7 Å². The predicted octanol–water partition coefficient (Wildman–Crippen LogP) is 3.99. The fourth-order valence-corrected chi connectivity index (χ4v) is 2.69. The lowest BCUT2D eigenvalue weighted by atomic mass is 10.1. The summed E-state index contributed by atoms with van der Waals surface area (Å²) in [5.41, 5.74) is 1.32. The maximum Gasteiger partial charge on any atom is 0.255 e. The monoisotopic (exact) mass is 373 g/mol. The molecular weight excluding hydrogens is 346 g/mol. The molecule has 1 amide bonds. The van der Waals surface area contributed by atoms with Gasteiger partial charge in [-0.1, -0.05) is 12.1 Å². The van der Waals surface area contributed by atoms with Crippen molar-refractivity contribution in [3.63, 3.8) is 0 Å². The number of hydrogen-bond acceptors (Lipinski definition) is 5. The largest absolute Gasteiger partial charge is 0.496 e. The molecule has 0 aliphatic heterocycles. The third kappa shape index (κ3) is 5.06. The Hall–Kier alpha value is -2.89. The molecule has 27 heavy (non-hydrogen) atoms. The number of amides is 1. The fourth-order valence-electron chi connectivity index (χ4n) is 2.69. The van der Waals surface area contributed by atoms with E-state index in [2.05, 4.69) is 5.32 Å². The topological polar surface area (TPSA) is 66.0 Å². The fraction of sp³-hybridized carbons (Fsp3) is 0.381. The normalized spacial score (nSPS) is 11.7. The number of carbonyl (C=O) groups is 1. The molecule has 2 aromatic carbocycles. The van der Waals surface area contributed by atoms with Crippen molar-refractivity contribution in [2.24, 2.45) is 0 Å². The molecule has 0 aliphatic rings. The molecule has 1 unspecified atom stereocenters. The average molecular weight is 373 g/mol. The summed E-state index contributed by atoms with van der Waals surface area (Å²) in [5, 5.41) is 2.99. The summed E-state index contributed by atoms with van der Waals surface area (Å²) in [7, 11) is 4.56. The van der Waals surface area contributed by atoms with E-state index in [-0.39, 0.29) is 18.1 Å². The maximum atomic E-state index is 12.8. The minimum absolute atomic E-state index is 0.0844. The SMILES string of the molecule is COc1cc(OC)c(C(=O)NC(C)c2cccc(OC(C)C)c2)cc1OC. The standard InChI is InChI=1S/C21H27NO5/c1-13(2)27-16-9-7-8-15(10-16)14(3)22-21(23)17-11-19(25-5)20(26-6)12-18(17)24-4/h7-14H,1-6H3,(H,22,23). The summed E-state index contributed by atoms with van der Waals surface area (Å²) in [6.07, 6.45) is 0.0844. The van der Waals surface area contributed by atoms with Crippen LogP contribution < -0.4 is 24.3 Å². The number of hydrogen-bond donors (Lipinski definition) is 1. The molecule has 0 bridgehead atoms. The number of ether oxygens (including phenoxy) is 4. The van der Waals surface area contributed by atoms with Gasteiger partial charge in [0.25, 0.3) is 5.91 Å². The van der Waals surface area contributed by atoms with Gasteiger partial charge in [-0.25, -0.2) is 0 Å². The molecule has 0 radical (unpaired) electrons. The first kappa shape index (κ1) is 20.4. The summed E-state index contributed by atoms with van der Waals surface area (Å²) in [6, 6.07) is 10.7. The number of methoxy groups -OCH3 is 3. The van der Waals surface area contributed by atoms with Gasteiger partial charge < -0.3 is 24.3 Å². The van der Waals surface area contributed by atoms with Crippen LogP contribution in [0.3, 0.4) is 0 Å². The van der Waals surface area contributed by atoms with Gasteiger partial charge in [0, 0.05) is 12.1 Å². The van der Waals surface area contributed by atoms with E-state index in [4.69, 9.17) is 18.9 Å². The quantitative estimate of drug-likeness (QED) is 0.758. The third-order valence-electron chi connectivity index (χ3n) is 4.03. The molecule has 2 aromatic rings. The second-order valence-electron chi connectivity index (χ2n) is 6.34. The van der Waals surface area contributed by atoms with Crippen LogP contribution in [0.25, 0.3) is 0 Å². The summed E-state index contributed by atoms with van der Waals surface area (Å²) < 4.78 is 21.6. The van der Waals surface area contributed by atoms with Crippen LogP contribution in [0.15, 0.2) is 36.4 Å². The molecule has 1 N–H and O–H groups in total. The number of carbonyl (C=O) groups excluding carboxylic acids is 1. The van der Waals surface area contributed by atoms with Crippen molar-refractivity contribution in [1.29, 1.82) is 0 Å². The van der Waals surface area contributed by atoms with Gasteiger partial charge in [0.1, 0.15) is 11.5 Å². The molecule has 0 fully saturated rings.